The van der Waals surface area contributed by atoms with Crippen LogP contribution < -0.4 is 0 Å². The molecule has 0 aliphatic carbocycles. The SMILES string of the molecule is Cc1nn(-c2ccccc2)cc1C=O. The number of hydrogen-bond donors (Lipinski definition) is 0. The van der Waals surface area contributed by atoms with Gasteiger partial charge in [-0.1, -0.05) is 18.2 Å². The third-order valence-corrected chi connectivity index (χ3v) is 2.08. The van der Waals surface area contributed by atoms with E-state index >= 15 is 0 Å². The molecule has 0 saturated heterocycles. The van der Waals surface area contributed by atoms with Crippen LogP contribution in [0.25, 0.3) is 5.69 Å². The smallest absolute Gasteiger partial charge is 0.153 e. The van der Waals surface area contributed by atoms with Crippen molar-refractivity contribution < 1.29 is 4.79 Å². The molecule has 1 aromatic heterocycles. The molecule has 3 heteroatoms. The van der Waals surface area contributed by atoms with Crippen LogP contribution in [0.3, 0.4) is 0 Å². The summed E-state index contributed by atoms with van der Waals surface area (Å²) in [6, 6.07) is 9.71. The highest BCUT2D eigenvalue weighted by atomic mass is 16.1. The quantitative estimate of drug-likeness (QED) is 0.672. The van der Waals surface area contributed by atoms with Crippen LogP contribution in [0.15, 0.2) is 36.5 Å². The highest BCUT2D eigenvalue weighted by Crippen LogP contribution is 2.09. The Bertz CT molecular complexity index is 446. The summed E-state index contributed by atoms with van der Waals surface area (Å²) in [6.45, 7) is 1.82. The van der Waals surface area contributed by atoms with E-state index in [1.165, 1.54) is 0 Å². The Morgan fingerprint density at radius 3 is 2.57 bits per heavy atom. The summed E-state index contributed by atoms with van der Waals surface area (Å²) in [7, 11) is 0. The molecule has 14 heavy (non-hydrogen) atoms. The van der Waals surface area contributed by atoms with E-state index in [1.54, 1.807) is 10.9 Å². The van der Waals surface area contributed by atoms with Crippen LogP contribution in [0.4, 0.5) is 0 Å². The molecule has 1 heterocycles. The number of para-hydroxylation sites is 1. The van der Waals surface area contributed by atoms with E-state index in [0.29, 0.717) is 5.56 Å². The molecule has 0 aliphatic heterocycles. The first-order chi connectivity index (χ1) is 6.81. The van der Waals surface area contributed by atoms with E-state index in [2.05, 4.69) is 5.10 Å². The molecule has 2 rings (SSSR count). The van der Waals surface area contributed by atoms with Crippen LogP contribution in [-0.2, 0) is 0 Å². The summed E-state index contributed by atoms with van der Waals surface area (Å²) in [4.78, 5) is 10.6. The van der Waals surface area contributed by atoms with Crippen molar-refractivity contribution in [2.45, 2.75) is 6.92 Å². The number of aryl methyl sites for hydroxylation is 1. The molecule has 0 spiro atoms. The molecule has 3 nitrogen and oxygen atoms in total. The fraction of sp³-hybridized carbons (Fsp3) is 0.0909. The lowest BCUT2D eigenvalue weighted by atomic mass is 10.3. The predicted octanol–water partition coefficient (Wildman–Crippen LogP) is 1.99. The molecule has 0 fully saturated rings. The third kappa shape index (κ3) is 1.44. The maximum Gasteiger partial charge on any atom is 0.153 e. The zero-order chi connectivity index (χ0) is 9.97. The van der Waals surface area contributed by atoms with Crippen molar-refractivity contribution >= 4 is 6.29 Å². The molecule has 70 valence electrons. The maximum atomic E-state index is 10.6. The van der Waals surface area contributed by atoms with Crippen molar-refractivity contribution in [1.82, 2.24) is 9.78 Å². The van der Waals surface area contributed by atoms with Gasteiger partial charge in [0.2, 0.25) is 0 Å². The minimum absolute atomic E-state index is 0.633. The van der Waals surface area contributed by atoms with Gasteiger partial charge < -0.3 is 0 Å². The molecular formula is C11H10N2O. The van der Waals surface area contributed by atoms with Crippen molar-refractivity contribution in [2.24, 2.45) is 0 Å². The average Bonchev–Trinajstić information content (AvgIpc) is 2.61. The molecule has 2 aromatic rings. The molecule has 0 bridgehead atoms. The normalized spacial score (nSPS) is 10.1. The fourth-order valence-corrected chi connectivity index (χ4v) is 1.30. The zero-order valence-corrected chi connectivity index (χ0v) is 7.84. The standard InChI is InChI=1S/C11H10N2O/c1-9-10(8-14)7-13(12-9)11-5-3-2-4-6-11/h2-8H,1H3. The Kier molecular flexibility index (Phi) is 2.14. The van der Waals surface area contributed by atoms with Gasteiger partial charge in [0.15, 0.2) is 6.29 Å². The highest BCUT2D eigenvalue weighted by molar-refractivity contribution is 5.76. The summed E-state index contributed by atoms with van der Waals surface area (Å²) in [5.41, 5.74) is 2.35. The van der Waals surface area contributed by atoms with Gasteiger partial charge in [-0.05, 0) is 19.1 Å². The number of carbonyl (C=O) groups is 1. The van der Waals surface area contributed by atoms with Gasteiger partial charge >= 0.3 is 0 Å². The number of aldehydes is 1. The van der Waals surface area contributed by atoms with Crippen LogP contribution in [0.2, 0.25) is 0 Å². The molecule has 0 saturated carbocycles. The van der Waals surface area contributed by atoms with Gasteiger partial charge in [-0.15, -0.1) is 0 Å². The lowest BCUT2D eigenvalue weighted by molar-refractivity contribution is 0.112. The van der Waals surface area contributed by atoms with E-state index in [0.717, 1.165) is 17.7 Å². The van der Waals surface area contributed by atoms with E-state index in [4.69, 9.17) is 0 Å². The molecule has 0 aliphatic rings. The minimum Gasteiger partial charge on any atom is -0.298 e. The number of nitrogens with zero attached hydrogens (tertiary/aromatic N) is 2. The van der Waals surface area contributed by atoms with Crippen molar-refractivity contribution in [1.29, 1.82) is 0 Å². The first-order valence-electron chi connectivity index (χ1n) is 4.38. The number of benzene rings is 1. The van der Waals surface area contributed by atoms with Crippen molar-refractivity contribution in [3.63, 3.8) is 0 Å². The molecular weight excluding hydrogens is 176 g/mol. The second kappa shape index (κ2) is 3.46. The summed E-state index contributed by atoms with van der Waals surface area (Å²) in [5.74, 6) is 0. The highest BCUT2D eigenvalue weighted by Gasteiger charge is 2.03. The van der Waals surface area contributed by atoms with Gasteiger partial charge in [-0.2, -0.15) is 5.10 Å². The molecule has 0 atom stereocenters. The van der Waals surface area contributed by atoms with Gasteiger partial charge in [0.1, 0.15) is 0 Å². The van der Waals surface area contributed by atoms with Crippen LogP contribution in [-0.4, -0.2) is 16.1 Å². The first kappa shape index (κ1) is 8.69. The van der Waals surface area contributed by atoms with Crippen LogP contribution in [0.1, 0.15) is 16.1 Å². The average molecular weight is 186 g/mol. The first-order valence-corrected chi connectivity index (χ1v) is 4.38. The summed E-state index contributed by atoms with van der Waals surface area (Å²) in [5, 5.41) is 4.24. The second-order valence-electron chi connectivity index (χ2n) is 3.07. The molecule has 1 aromatic carbocycles. The van der Waals surface area contributed by atoms with Crippen LogP contribution in [0, 0.1) is 6.92 Å². The number of hydrogen-bond acceptors (Lipinski definition) is 2. The third-order valence-electron chi connectivity index (χ3n) is 2.08. The second-order valence-corrected chi connectivity index (χ2v) is 3.07. The molecule has 0 radical (unpaired) electrons. The number of aromatic nitrogens is 2. The summed E-state index contributed by atoms with van der Waals surface area (Å²) in [6.07, 6.45) is 2.55. The Hall–Kier alpha value is -1.90. The number of carbonyl (C=O) groups excluding carboxylic acids is 1. The summed E-state index contributed by atoms with van der Waals surface area (Å²) >= 11 is 0. The molecule has 0 N–H and O–H groups in total. The fourth-order valence-electron chi connectivity index (χ4n) is 1.30. The Morgan fingerprint density at radius 1 is 1.29 bits per heavy atom. The van der Waals surface area contributed by atoms with Crippen molar-refractivity contribution in [3.05, 3.63) is 47.8 Å². The Balaban J connectivity index is 2.48. The van der Waals surface area contributed by atoms with Gasteiger partial charge in [0.25, 0.3) is 0 Å². The zero-order valence-electron chi connectivity index (χ0n) is 7.84. The van der Waals surface area contributed by atoms with Gasteiger partial charge in [-0.25, -0.2) is 4.68 Å². The Morgan fingerprint density at radius 2 is 2.00 bits per heavy atom. The summed E-state index contributed by atoms with van der Waals surface area (Å²) < 4.78 is 1.71. The van der Waals surface area contributed by atoms with Gasteiger partial charge in [0.05, 0.1) is 16.9 Å². The minimum atomic E-state index is 0.633. The lowest BCUT2D eigenvalue weighted by Gasteiger charge is -1.98. The largest absolute Gasteiger partial charge is 0.298 e. The van der Waals surface area contributed by atoms with E-state index in [1.807, 2.05) is 37.3 Å². The Labute approximate surface area is 82.0 Å². The topological polar surface area (TPSA) is 34.9 Å². The van der Waals surface area contributed by atoms with Crippen molar-refractivity contribution in [2.75, 3.05) is 0 Å². The van der Waals surface area contributed by atoms with Crippen LogP contribution >= 0.6 is 0 Å². The van der Waals surface area contributed by atoms with Gasteiger partial charge in [-0.3, -0.25) is 4.79 Å². The predicted molar refractivity (Wildman–Crippen MR) is 53.7 cm³/mol. The molecule has 0 unspecified atom stereocenters. The van der Waals surface area contributed by atoms with E-state index < -0.39 is 0 Å². The van der Waals surface area contributed by atoms with E-state index in [9.17, 15) is 4.79 Å². The van der Waals surface area contributed by atoms with Crippen molar-refractivity contribution in [3.8, 4) is 5.69 Å². The van der Waals surface area contributed by atoms with Crippen LogP contribution in [0.5, 0.6) is 0 Å². The number of rotatable bonds is 2. The monoisotopic (exact) mass is 186 g/mol. The maximum absolute atomic E-state index is 10.6. The lowest BCUT2D eigenvalue weighted by Crippen LogP contribution is -1.93. The molecule has 0 amide bonds. The van der Waals surface area contributed by atoms with Gasteiger partial charge in [0, 0.05) is 6.20 Å². The van der Waals surface area contributed by atoms with E-state index in [-0.39, 0.29) is 0 Å².